The van der Waals surface area contributed by atoms with E-state index in [1.165, 1.54) is 11.6 Å². The Labute approximate surface area is 380 Å². The largest absolute Gasteiger partial charge is 2.00 e. The molecule has 0 aliphatic rings. The maximum Gasteiger partial charge on any atom is 2.00 e. The van der Waals surface area contributed by atoms with Crippen molar-refractivity contribution in [2.75, 3.05) is 0 Å². The quantitative estimate of drug-likeness (QED) is 0.169. The van der Waals surface area contributed by atoms with Crippen molar-refractivity contribution >= 4 is 11.0 Å². The van der Waals surface area contributed by atoms with Crippen molar-refractivity contribution in [3.63, 3.8) is 0 Å². The van der Waals surface area contributed by atoms with Gasteiger partial charge in [0.1, 0.15) is 11.6 Å². The second kappa shape index (κ2) is 16.8. The van der Waals surface area contributed by atoms with E-state index in [-0.39, 0.29) is 61.8 Å². The third-order valence-corrected chi connectivity index (χ3v) is 11.0. The Hall–Kier alpha value is -5.57. The molecule has 60 heavy (non-hydrogen) atoms. The SMILES string of the molecule is [2H]C([2H])([2H])c1cc(-n2c(-c3cc(C)cc(C)c3O)nc3c(-c4[c-]c(-c5cc(-c6ccc(C(C)(C)C)cc6)ccn5)cc(C(C)(C)C)c4)cccc32)cc(-c2ccccc2)c1C([2H])([2H])[2H].[CH3-].[Pt+2]. The van der Waals surface area contributed by atoms with Gasteiger partial charge in [-0.1, -0.05) is 132 Å². The van der Waals surface area contributed by atoms with Crippen LogP contribution in [0.4, 0.5) is 0 Å². The summed E-state index contributed by atoms with van der Waals surface area (Å²) in [5, 5.41) is 11.7. The molecule has 2 heterocycles. The van der Waals surface area contributed by atoms with Crippen LogP contribution in [0, 0.1) is 41.0 Å². The number of nitrogens with zero attached hydrogens (tertiary/aromatic N) is 3. The summed E-state index contributed by atoms with van der Waals surface area (Å²) in [5.41, 5.74) is 11.3. The minimum atomic E-state index is -2.78. The van der Waals surface area contributed by atoms with Crippen LogP contribution in [0.3, 0.4) is 0 Å². The normalized spacial score (nSPS) is 13.5. The molecule has 0 saturated heterocycles. The van der Waals surface area contributed by atoms with Gasteiger partial charge < -0.3 is 12.5 Å². The standard InChI is InChI=1S/C54H52N3O.CH3.Pt/c1-33-25-35(3)51(58)47(26-33)52-56-50-45(17-14-18-49(50)57(52)44-27-34(2)36(4)46(32-44)38-15-12-11-13-16-38)40-28-41(30-43(29-40)54(8,9)10)48-31-39(23-24-55-48)37-19-21-42(22-20-37)53(5,6)7;;/h11-27,29-32,58H,1-10H3;1H3;/q2*-1;+2/i2D3,4D3;;. The zero-order valence-corrected chi connectivity index (χ0v) is 38.0. The Morgan fingerprint density at radius 3 is 2.03 bits per heavy atom. The molecule has 0 bridgehead atoms. The van der Waals surface area contributed by atoms with Crippen molar-refractivity contribution < 1.29 is 34.4 Å². The summed E-state index contributed by atoms with van der Waals surface area (Å²) in [6, 6.07) is 42.5. The average Bonchev–Trinajstić information content (AvgIpc) is 3.63. The van der Waals surface area contributed by atoms with E-state index in [1.807, 2.05) is 67.1 Å². The van der Waals surface area contributed by atoms with Crippen molar-refractivity contribution in [1.29, 1.82) is 0 Å². The first kappa shape index (κ1) is 36.3. The van der Waals surface area contributed by atoms with Gasteiger partial charge in [0.15, 0.2) is 0 Å². The zero-order chi connectivity index (χ0) is 46.1. The van der Waals surface area contributed by atoms with Crippen LogP contribution in [-0.2, 0) is 31.9 Å². The van der Waals surface area contributed by atoms with Gasteiger partial charge in [-0.15, -0.1) is 29.3 Å². The van der Waals surface area contributed by atoms with Crippen molar-refractivity contribution in [3.8, 4) is 67.5 Å². The average molecular weight is 975 g/mol. The molecule has 1 N–H and O–H groups in total. The Bertz CT molecular complexity index is 3070. The summed E-state index contributed by atoms with van der Waals surface area (Å²) < 4.78 is 53.6. The first-order chi connectivity index (χ1) is 30.0. The van der Waals surface area contributed by atoms with Gasteiger partial charge in [-0.2, -0.15) is 0 Å². The molecule has 4 nitrogen and oxygen atoms in total. The van der Waals surface area contributed by atoms with E-state index < -0.39 is 13.7 Å². The van der Waals surface area contributed by atoms with Gasteiger partial charge in [-0.05, 0) is 119 Å². The van der Waals surface area contributed by atoms with Crippen molar-refractivity contribution in [2.24, 2.45) is 0 Å². The van der Waals surface area contributed by atoms with Crippen LogP contribution in [0.15, 0.2) is 128 Å². The van der Waals surface area contributed by atoms with Crippen LogP contribution in [0.1, 0.15) is 83.1 Å². The number of aromatic nitrogens is 3. The van der Waals surface area contributed by atoms with Crippen LogP contribution in [0.25, 0.3) is 72.7 Å². The molecule has 0 aliphatic carbocycles. The minimum Gasteiger partial charge on any atom is -0.507 e. The predicted molar refractivity (Wildman–Crippen MR) is 249 cm³/mol. The number of hydrogen-bond donors (Lipinski definition) is 1. The van der Waals surface area contributed by atoms with Gasteiger partial charge in [0, 0.05) is 25.8 Å². The van der Waals surface area contributed by atoms with E-state index in [2.05, 4.69) is 90.1 Å². The van der Waals surface area contributed by atoms with Crippen LogP contribution in [0.2, 0.25) is 0 Å². The molecule has 0 fully saturated rings. The Balaban J connectivity index is 0.00000360. The third kappa shape index (κ3) is 8.41. The molecule has 6 aromatic carbocycles. The fourth-order valence-corrected chi connectivity index (χ4v) is 7.70. The van der Waals surface area contributed by atoms with Crippen LogP contribution >= 0.6 is 0 Å². The molecule has 0 atom stereocenters. The minimum absolute atomic E-state index is 0. The monoisotopic (exact) mass is 974 g/mol. The predicted octanol–water partition coefficient (Wildman–Crippen LogP) is 14.5. The first-order valence-electron chi connectivity index (χ1n) is 22.7. The summed E-state index contributed by atoms with van der Waals surface area (Å²) in [6.07, 6.45) is 1.83. The van der Waals surface area contributed by atoms with Crippen LogP contribution in [0.5, 0.6) is 5.75 Å². The number of aromatic hydroxyl groups is 1. The van der Waals surface area contributed by atoms with Gasteiger partial charge in [-0.25, -0.2) is 4.98 Å². The van der Waals surface area contributed by atoms with E-state index in [1.54, 1.807) is 30.3 Å². The molecule has 0 saturated carbocycles. The number of benzene rings is 6. The van der Waals surface area contributed by atoms with E-state index in [4.69, 9.17) is 18.2 Å². The molecule has 0 spiro atoms. The van der Waals surface area contributed by atoms with Crippen molar-refractivity contribution in [2.45, 2.75) is 79.9 Å². The number of imidazole rings is 1. The molecule has 0 unspecified atom stereocenters. The molecule has 0 radical (unpaired) electrons. The van der Waals surface area contributed by atoms with E-state index in [0.29, 0.717) is 39.2 Å². The molecule has 8 rings (SSSR count). The number of pyridine rings is 1. The number of hydrogen-bond acceptors (Lipinski definition) is 3. The van der Waals surface area contributed by atoms with Gasteiger partial charge in [0.25, 0.3) is 0 Å². The molecule has 8 aromatic rings. The maximum absolute atomic E-state index is 11.7. The second-order valence-corrected chi connectivity index (χ2v) is 17.4. The van der Waals surface area contributed by atoms with Gasteiger partial charge >= 0.3 is 21.1 Å². The Morgan fingerprint density at radius 2 is 1.35 bits per heavy atom. The molecule has 306 valence electrons. The molecule has 0 aliphatic heterocycles. The molecule has 5 heteroatoms. The number of para-hydroxylation sites is 1. The number of phenols is 1. The van der Waals surface area contributed by atoms with E-state index in [0.717, 1.165) is 44.6 Å². The fraction of sp³-hybridized carbons (Fsp3) is 0.218. The van der Waals surface area contributed by atoms with Crippen LogP contribution in [-0.4, -0.2) is 19.6 Å². The Morgan fingerprint density at radius 1 is 0.633 bits per heavy atom. The molecular formula is C55H55N3OPt. The van der Waals surface area contributed by atoms with Crippen molar-refractivity contribution in [1.82, 2.24) is 14.5 Å². The molecular weight excluding hydrogens is 914 g/mol. The maximum atomic E-state index is 11.7. The van der Waals surface area contributed by atoms with Gasteiger partial charge in [-0.3, -0.25) is 9.55 Å². The summed E-state index contributed by atoms with van der Waals surface area (Å²) in [4.78, 5) is 10.2. The number of rotatable bonds is 6. The number of phenolic OH excluding ortho intramolecular Hbond substituents is 1. The summed E-state index contributed by atoms with van der Waals surface area (Å²) in [6.45, 7) is 11.4. The summed E-state index contributed by atoms with van der Waals surface area (Å²) in [5.74, 6) is 0.396. The molecule has 2 aromatic heterocycles. The number of fused-ring (bicyclic) bond motifs is 1. The molecule has 0 amide bonds. The summed E-state index contributed by atoms with van der Waals surface area (Å²) >= 11 is 0. The zero-order valence-electron chi connectivity index (χ0n) is 41.7. The Kier molecular flexibility index (Phi) is 10.2. The van der Waals surface area contributed by atoms with Gasteiger partial charge in [0.2, 0.25) is 0 Å². The van der Waals surface area contributed by atoms with E-state index >= 15 is 0 Å². The number of aryl methyl sites for hydroxylation is 3. The first-order valence-corrected chi connectivity index (χ1v) is 19.7. The smallest absolute Gasteiger partial charge is 0.507 e. The van der Waals surface area contributed by atoms with Crippen LogP contribution < -0.4 is 0 Å². The third-order valence-electron chi connectivity index (χ3n) is 11.0. The second-order valence-electron chi connectivity index (χ2n) is 17.4. The summed E-state index contributed by atoms with van der Waals surface area (Å²) in [7, 11) is 0. The van der Waals surface area contributed by atoms with Crippen molar-refractivity contribution in [3.05, 3.63) is 174 Å². The van der Waals surface area contributed by atoms with E-state index in [9.17, 15) is 5.11 Å². The van der Waals surface area contributed by atoms with Gasteiger partial charge in [0.05, 0.1) is 16.6 Å². The topological polar surface area (TPSA) is 50.9 Å². The fourth-order valence-electron chi connectivity index (χ4n) is 7.70.